The SMILES string of the molecule is Cc1nn(-c2ccccc2)c(NCc2ccccc2)c1N. The lowest BCUT2D eigenvalue weighted by Crippen LogP contribution is -2.07. The fourth-order valence-corrected chi connectivity index (χ4v) is 2.25. The van der Waals surface area contributed by atoms with Gasteiger partial charge in [0.2, 0.25) is 0 Å². The highest BCUT2D eigenvalue weighted by Crippen LogP contribution is 2.26. The second kappa shape index (κ2) is 5.71. The summed E-state index contributed by atoms with van der Waals surface area (Å²) < 4.78 is 1.85. The number of nitrogens with one attached hydrogen (secondary N) is 1. The van der Waals surface area contributed by atoms with Gasteiger partial charge in [-0.3, -0.25) is 0 Å². The Hall–Kier alpha value is -2.75. The summed E-state index contributed by atoms with van der Waals surface area (Å²) in [6.45, 7) is 2.63. The maximum Gasteiger partial charge on any atom is 0.153 e. The molecule has 0 bridgehead atoms. The quantitative estimate of drug-likeness (QED) is 0.769. The molecule has 1 heterocycles. The maximum absolute atomic E-state index is 6.16. The highest BCUT2D eigenvalue weighted by Gasteiger charge is 2.13. The zero-order chi connectivity index (χ0) is 14.7. The number of aromatic nitrogens is 2. The maximum atomic E-state index is 6.16. The van der Waals surface area contributed by atoms with Crippen LogP contribution in [0.15, 0.2) is 60.7 Å². The monoisotopic (exact) mass is 278 g/mol. The van der Waals surface area contributed by atoms with Crippen LogP contribution in [-0.2, 0) is 6.54 Å². The Labute approximate surface area is 124 Å². The predicted octanol–water partition coefficient (Wildman–Crippen LogP) is 3.38. The molecule has 0 aliphatic rings. The van der Waals surface area contributed by atoms with Gasteiger partial charge in [0.15, 0.2) is 5.82 Å². The van der Waals surface area contributed by atoms with Gasteiger partial charge in [-0.25, -0.2) is 4.68 Å². The Bertz CT molecular complexity index is 717. The van der Waals surface area contributed by atoms with Gasteiger partial charge in [0, 0.05) is 6.54 Å². The van der Waals surface area contributed by atoms with Gasteiger partial charge < -0.3 is 11.1 Å². The van der Waals surface area contributed by atoms with Crippen LogP contribution >= 0.6 is 0 Å². The van der Waals surface area contributed by atoms with Gasteiger partial charge >= 0.3 is 0 Å². The van der Waals surface area contributed by atoms with E-state index in [-0.39, 0.29) is 0 Å². The molecule has 4 nitrogen and oxygen atoms in total. The van der Waals surface area contributed by atoms with Gasteiger partial charge in [-0.15, -0.1) is 0 Å². The first-order chi connectivity index (χ1) is 10.3. The van der Waals surface area contributed by atoms with Crippen molar-refractivity contribution in [2.24, 2.45) is 0 Å². The number of nitrogen functional groups attached to an aromatic ring is 1. The van der Waals surface area contributed by atoms with Crippen molar-refractivity contribution >= 4 is 11.5 Å². The lowest BCUT2D eigenvalue weighted by atomic mass is 10.2. The number of anilines is 2. The topological polar surface area (TPSA) is 55.9 Å². The second-order valence-electron chi connectivity index (χ2n) is 4.93. The molecule has 0 saturated carbocycles. The van der Waals surface area contributed by atoms with Crippen LogP contribution in [0.25, 0.3) is 5.69 Å². The molecule has 0 unspecified atom stereocenters. The largest absolute Gasteiger partial charge is 0.394 e. The van der Waals surface area contributed by atoms with E-state index in [1.807, 2.05) is 60.1 Å². The van der Waals surface area contributed by atoms with E-state index in [0.29, 0.717) is 12.2 Å². The third-order valence-electron chi connectivity index (χ3n) is 3.41. The van der Waals surface area contributed by atoms with E-state index in [9.17, 15) is 0 Å². The van der Waals surface area contributed by atoms with Crippen LogP contribution in [0.5, 0.6) is 0 Å². The van der Waals surface area contributed by atoms with Crippen LogP contribution in [0.3, 0.4) is 0 Å². The van der Waals surface area contributed by atoms with Crippen molar-refractivity contribution < 1.29 is 0 Å². The number of rotatable bonds is 4. The first kappa shape index (κ1) is 13.2. The molecule has 2 aromatic carbocycles. The number of nitrogens with two attached hydrogens (primary N) is 1. The molecule has 0 amide bonds. The predicted molar refractivity (Wildman–Crippen MR) is 86.5 cm³/mol. The molecule has 0 spiro atoms. The molecule has 1 aromatic heterocycles. The van der Waals surface area contributed by atoms with Gasteiger partial charge in [0.25, 0.3) is 0 Å². The standard InChI is InChI=1S/C17H18N4/c1-13-16(18)17(19-12-14-8-4-2-5-9-14)21(20-13)15-10-6-3-7-11-15/h2-11,19H,12,18H2,1H3. The zero-order valence-electron chi connectivity index (χ0n) is 12.0. The van der Waals surface area contributed by atoms with E-state index in [4.69, 9.17) is 5.73 Å². The minimum atomic E-state index is 0.690. The number of para-hydroxylation sites is 1. The summed E-state index contributed by atoms with van der Waals surface area (Å²) in [6, 6.07) is 20.2. The summed E-state index contributed by atoms with van der Waals surface area (Å²) >= 11 is 0. The van der Waals surface area contributed by atoms with Gasteiger partial charge in [-0.1, -0.05) is 48.5 Å². The molecular weight excluding hydrogens is 260 g/mol. The van der Waals surface area contributed by atoms with Crippen LogP contribution in [-0.4, -0.2) is 9.78 Å². The van der Waals surface area contributed by atoms with Crippen molar-refractivity contribution in [3.8, 4) is 5.69 Å². The summed E-state index contributed by atoms with van der Waals surface area (Å²) in [5.74, 6) is 0.836. The first-order valence-corrected chi connectivity index (χ1v) is 6.94. The molecule has 21 heavy (non-hydrogen) atoms. The van der Waals surface area contributed by atoms with Crippen molar-refractivity contribution in [1.82, 2.24) is 9.78 Å². The van der Waals surface area contributed by atoms with Crippen molar-refractivity contribution in [3.05, 3.63) is 71.9 Å². The van der Waals surface area contributed by atoms with Crippen LogP contribution in [0.1, 0.15) is 11.3 Å². The normalized spacial score (nSPS) is 10.5. The Morgan fingerprint density at radius 1 is 1.00 bits per heavy atom. The summed E-state index contributed by atoms with van der Waals surface area (Å²) in [6.07, 6.45) is 0. The molecule has 4 heteroatoms. The molecule has 0 saturated heterocycles. The van der Waals surface area contributed by atoms with Gasteiger partial charge in [0.05, 0.1) is 17.1 Å². The van der Waals surface area contributed by atoms with Crippen LogP contribution in [0.4, 0.5) is 11.5 Å². The molecule has 0 fully saturated rings. The average Bonchev–Trinajstić information content (AvgIpc) is 2.82. The molecule has 3 N–H and O–H groups in total. The van der Waals surface area contributed by atoms with Gasteiger partial charge in [-0.05, 0) is 24.6 Å². The first-order valence-electron chi connectivity index (χ1n) is 6.94. The smallest absolute Gasteiger partial charge is 0.153 e. The van der Waals surface area contributed by atoms with Crippen molar-refractivity contribution in [2.45, 2.75) is 13.5 Å². The van der Waals surface area contributed by atoms with Gasteiger partial charge in [-0.2, -0.15) is 5.10 Å². The minimum Gasteiger partial charge on any atom is -0.394 e. The minimum absolute atomic E-state index is 0.690. The van der Waals surface area contributed by atoms with E-state index in [1.165, 1.54) is 5.56 Å². The Balaban J connectivity index is 1.91. The molecule has 0 radical (unpaired) electrons. The Morgan fingerprint density at radius 3 is 2.29 bits per heavy atom. The van der Waals surface area contributed by atoms with Crippen LogP contribution in [0.2, 0.25) is 0 Å². The number of nitrogens with zero attached hydrogens (tertiary/aromatic N) is 2. The highest BCUT2D eigenvalue weighted by molar-refractivity contribution is 5.67. The third kappa shape index (κ3) is 2.74. The number of hydrogen-bond acceptors (Lipinski definition) is 3. The zero-order valence-corrected chi connectivity index (χ0v) is 12.0. The molecule has 0 atom stereocenters. The summed E-state index contributed by atoms with van der Waals surface area (Å²) in [7, 11) is 0. The Kier molecular flexibility index (Phi) is 3.60. The van der Waals surface area contributed by atoms with Crippen molar-refractivity contribution in [3.63, 3.8) is 0 Å². The molecule has 0 aliphatic carbocycles. The molecule has 0 aliphatic heterocycles. The van der Waals surface area contributed by atoms with Crippen LogP contribution < -0.4 is 11.1 Å². The Morgan fingerprint density at radius 2 is 1.62 bits per heavy atom. The fourth-order valence-electron chi connectivity index (χ4n) is 2.25. The summed E-state index contributed by atoms with van der Waals surface area (Å²) in [5, 5.41) is 7.91. The number of hydrogen-bond donors (Lipinski definition) is 2. The highest BCUT2D eigenvalue weighted by atomic mass is 15.3. The van der Waals surface area contributed by atoms with Crippen molar-refractivity contribution in [2.75, 3.05) is 11.1 Å². The average molecular weight is 278 g/mol. The molecule has 3 aromatic rings. The van der Waals surface area contributed by atoms with Crippen LogP contribution in [0, 0.1) is 6.92 Å². The van der Waals surface area contributed by atoms with E-state index in [0.717, 1.165) is 17.2 Å². The van der Waals surface area contributed by atoms with E-state index < -0.39 is 0 Å². The van der Waals surface area contributed by atoms with E-state index >= 15 is 0 Å². The lowest BCUT2D eigenvalue weighted by molar-refractivity contribution is 0.859. The molecule has 3 rings (SSSR count). The molecule has 106 valence electrons. The lowest BCUT2D eigenvalue weighted by Gasteiger charge is -2.10. The third-order valence-corrected chi connectivity index (χ3v) is 3.41. The van der Waals surface area contributed by atoms with Crippen molar-refractivity contribution in [1.29, 1.82) is 0 Å². The van der Waals surface area contributed by atoms with E-state index in [1.54, 1.807) is 0 Å². The summed E-state index contributed by atoms with van der Waals surface area (Å²) in [5.41, 5.74) is 9.87. The van der Waals surface area contributed by atoms with Gasteiger partial charge in [0.1, 0.15) is 0 Å². The second-order valence-corrected chi connectivity index (χ2v) is 4.93. The van der Waals surface area contributed by atoms with E-state index in [2.05, 4.69) is 22.5 Å². The number of aryl methyl sites for hydroxylation is 1. The molecular formula is C17H18N4. The fraction of sp³-hybridized carbons (Fsp3) is 0.118. The summed E-state index contributed by atoms with van der Waals surface area (Å²) in [4.78, 5) is 0. The number of benzene rings is 2.